The molecule has 6 heteroatoms. The Hall–Kier alpha value is -3.46. The number of aromatic nitrogens is 3. The van der Waals surface area contributed by atoms with Crippen molar-refractivity contribution in [3.05, 3.63) is 71.8 Å². The van der Waals surface area contributed by atoms with Crippen molar-refractivity contribution in [3.63, 3.8) is 0 Å². The zero-order valence-corrected chi connectivity index (χ0v) is 13.2. The van der Waals surface area contributed by atoms with Gasteiger partial charge in [-0.05, 0) is 37.3 Å². The SMILES string of the molecule is Cc1nc(NCc2ccccn2)cc(Nc2cccc(C#N)c2)n1. The lowest BCUT2D eigenvalue weighted by molar-refractivity contribution is 0.996. The number of nitrogens with one attached hydrogen (secondary N) is 2. The summed E-state index contributed by atoms with van der Waals surface area (Å²) < 4.78 is 0. The molecule has 0 fully saturated rings. The van der Waals surface area contributed by atoms with Crippen molar-refractivity contribution < 1.29 is 0 Å². The summed E-state index contributed by atoms with van der Waals surface area (Å²) in [6.45, 7) is 2.42. The van der Waals surface area contributed by atoms with Crippen LogP contribution in [0.3, 0.4) is 0 Å². The topological polar surface area (TPSA) is 86.5 Å². The molecule has 0 spiro atoms. The quantitative estimate of drug-likeness (QED) is 0.750. The average Bonchev–Trinajstić information content (AvgIpc) is 2.60. The third-order valence-corrected chi connectivity index (χ3v) is 3.28. The van der Waals surface area contributed by atoms with Gasteiger partial charge in [-0.2, -0.15) is 5.26 Å². The smallest absolute Gasteiger partial charge is 0.136 e. The molecule has 0 unspecified atom stereocenters. The Morgan fingerprint density at radius 3 is 2.71 bits per heavy atom. The Morgan fingerprint density at radius 1 is 1.04 bits per heavy atom. The Balaban J connectivity index is 1.75. The maximum Gasteiger partial charge on any atom is 0.136 e. The fourth-order valence-electron chi connectivity index (χ4n) is 2.22. The molecule has 0 amide bonds. The second-order valence-electron chi connectivity index (χ2n) is 5.18. The monoisotopic (exact) mass is 316 g/mol. The Bertz CT molecular complexity index is 870. The van der Waals surface area contributed by atoms with Crippen molar-refractivity contribution in [3.8, 4) is 6.07 Å². The molecular weight excluding hydrogens is 300 g/mol. The van der Waals surface area contributed by atoms with Gasteiger partial charge in [0.25, 0.3) is 0 Å². The van der Waals surface area contributed by atoms with Gasteiger partial charge >= 0.3 is 0 Å². The maximum absolute atomic E-state index is 8.98. The molecule has 3 rings (SSSR count). The van der Waals surface area contributed by atoms with Gasteiger partial charge in [0.2, 0.25) is 0 Å². The standard InChI is InChI=1S/C18H16N6/c1-13-22-17(21-12-16-6-2-3-8-20-16)10-18(23-13)24-15-7-4-5-14(9-15)11-19/h2-10H,12H2,1H3,(H2,21,22,23,24). The van der Waals surface area contributed by atoms with Crippen LogP contribution >= 0.6 is 0 Å². The average molecular weight is 316 g/mol. The number of hydrogen-bond acceptors (Lipinski definition) is 6. The molecule has 118 valence electrons. The molecule has 0 saturated carbocycles. The first-order valence-electron chi connectivity index (χ1n) is 7.49. The van der Waals surface area contributed by atoms with Gasteiger partial charge in [0.1, 0.15) is 17.5 Å². The molecule has 0 atom stereocenters. The van der Waals surface area contributed by atoms with Crippen LogP contribution in [0.15, 0.2) is 54.7 Å². The lowest BCUT2D eigenvalue weighted by Crippen LogP contribution is -2.06. The number of benzene rings is 1. The van der Waals surface area contributed by atoms with Crippen LogP contribution in [0.2, 0.25) is 0 Å². The van der Waals surface area contributed by atoms with Crippen molar-refractivity contribution in [2.75, 3.05) is 10.6 Å². The van der Waals surface area contributed by atoms with E-state index in [2.05, 4.69) is 31.7 Å². The number of pyridine rings is 1. The second kappa shape index (κ2) is 7.20. The fourth-order valence-corrected chi connectivity index (χ4v) is 2.22. The summed E-state index contributed by atoms with van der Waals surface area (Å²) in [6.07, 6.45) is 1.76. The Kier molecular flexibility index (Phi) is 4.63. The third-order valence-electron chi connectivity index (χ3n) is 3.28. The number of aryl methyl sites for hydroxylation is 1. The first kappa shape index (κ1) is 15.4. The molecule has 0 aliphatic rings. The molecule has 0 bridgehead atoms. The molecule has 0 aliphatic carbocycles. The number of hydrogen-bond donors (Lipinski definition) is 2. The highest BCUT2D eigenvalue weighted by Crippen LogP contribution is 2.18. The Labute approximate surface area is 140 Å². The molecule has 0 aliphatic heterocycles. The minimum atomic E-state index is 0.584. The molecule has 6 nitrogen and oxygen atoms in total. The molecule has 3 aromatic rings. The summed E-state index contributed by atoms with van der Waals surface area (Å²) in [7, 11) is 0. The minimum Gasteiger partial charge on any atom is -0.364 e. The van der Waals surface area contributed by atoms with E-state index in [1.807, 2.05) is 43.3 Å². The van der Waals surface area contributed by atoms with Gasteiger partial charge in [0.15, 0.2) is 0 Å². The highest BCUT2D eigenvalue weighted by molar-refractivity contribution is 5.60. The number of rotatable bonds is 5. The summed E-state index contributed by atoms with van der Waals surface area (Å²) in [5, 5.41) is 15.4. The van der Waals surface area contributed by atoms with Crippen molar-refractivity contribution >= 4 is 17.3 Å². The van der Waals surface area contributed by atoms with Crippen LogP contribution in [0.1, 0.15) is 17.1 Å². The van der Waals surface area contributed by atoms with E-state index in [1.54, 1.807) is 18.3 Å². The van der Waals surface area contributed by atoms with Crippen molar-refractivity contribution in [2.45, 2.75) is 13.5 Å². The zero-order valence-electron chi connectivity index (χ0n) is 13.2. The van der Waals surface area contributed by atoms with Gasteiger partial charge in [0, 0.05) is 18.0 Å². The summed E-state index contributed by atoms with van der Waals surface area (Å²) >= 11 is 0. The molecular formula is C18H16N6. The molecule has 24 heavy (non-hydrogen) atoms. The molecule has 0 saturated heterocycles. The van der Waals surface area contributed by atoms with E-state index in [-0.39, 0.29) is 0 Å². The molecule has 2 N–H and O–H groups in total. The minimum absolute atomic E-state index is 0.584. The molecule has 0 radical (unpaired) electrons. The van der Waals surface area contributed by atoms with E-state index >= 15 is 0 Å². The van der Waals surface area contributed by atoms with Crippen LogP contribution in [0.5, 0.6) is 0 Å². The zero-order chi connectivity index (χ0) is 16.8. The summed E-state index contributed by atoms with van der Waals surface area (Å²) in [6, 6.07) is 17.0. The highest BCUT2D eigenvalue weighted by Gasteiger charge is 2.04. The van der Waals surface area contributed by atoms with Crippen LogP contribution < -0.4 is 10.6 Å². The van der Waals surface area contributed by atoms with E-state index in [4.69, 9.17) is 5.26 Å². The van der Waals surface area contributed by atoms with Crippen molar-refractivity contribution in [2.24, 2.45) is 0 Å². The van der Waals surface area contributed by atoms with Crippen LogP contribution in [0.4, 0.5) is 17.3 Å². The predicted molar refractivity (Wildman–Crippen MR) is 92.8 cm³/mol. The molecule has 2 aromatic heterocycles. The van der Waals surface area contributed by atoms with Gasteiger partial charge in [-0.1, -0.05) is 12.1 Å². The molecule has 2 heterocycles. The summed E-state index contributed by atoms with van der Waals surface area (Å²) in [4.78, 5) is 13.0. The van der Waals surface area contributed by atoms with Gasteiger partial charge in [-0.25, -0.2) is 9.97 Å². The number of nitrogens with zero attached hydrogens (tertiary/aromatic N) is 4. The lowest BCUT2D eigenvalue weighted by Gasteiger charge is -2.10. The van der Waals surface area contributed by atoms with Crippen LogP contribution in [0, 0.1) is 18.3 Å². The summed E-state index contributed by atoms with van der Waals surface area (Å²) in [5.41, 5.74) is 2.34. The van der Waals surface area contributed by atoms with Crippen LogP contribution in [-0.2, 0) is 6.54 Å². The van der Waals surface area contributed by atoms with Crippen molar-refractivity contribution in [1.29, 1.82) is 5.26 Å². The van der Waals surface area contributed by atoms with E-state index in [0.29, 0.717) is 29.6 Å². The van der Waals surface area contributed by atoms with Gasteiger partial charge in [0.05, 0.1) is 23.9 Å². The largest absolute Gasteiger partial charge is 0.364 e. The van der Waals surface area contributed by atoms with Gasteiger partial charge < -0.3 is 10.6 Å². The van der Waals surface area contributed by atoms with E-state index in [1.165, 1.54) is 0 Å². The van der Waals surface area contributed by atoms with E-state index in [9.17, 15) is 0 Å². The fraction of sp³-hybridized carbons (Fsp3) is 0.111. The number of nitriles is 1. The summed E-state index contributed by atoms with van der Waals surface area (Å²) in [5.74, 6) is 2.04. The first-order chi connectivity index (χ1) is 11.7. The van der Waals surface area contributed by atoms with Crippen LogP contribution in [-0.4, -0.2) is 15.0 Å². The van der Waals surface area contributed by atoms with Gasteiger partial charge in [-0.3, -0.25) is 4.98 Å². The molecule has 1 aromatic carbocycles. The maximum atomic E-state index is 8.98. The predicted octanol–water partition coefficient (Wildman–Crippen LogP) is 3.41. The van der Waals surface area contributed by atoms with Crippen molar-refractivity contribution in [1.82, 2.24) is 15.0 Å². The van der Waals surface area contributed by atoms with Crippen LogP contribution in [0.25, 0.3) is 0 Å². The number of anilines is 3. The third kappa shape index (κ3) is 4.05. The normalized spacial score (nSPS) is 10.0. The highest BCUT2D eigenvalue weighted by atomic mass is 15.1. The lowest BCUT2D eigenvalue weighted by atomic mass is 10.2. The second-order valence-corrected chi connectivity index (χ2v) is 5.18. The van der Waals surface area contributed by atoms with E-state index in [0.717, 1.165) is 11.4 Å². The Morgan fingerprint density at radius 2 is 1.92 bits per heavy atom. The van der Waals surface area contributed by atoms with Gasteiger partial charge in [-0.15, -0.1) is 0 Å². The first-order valence-corrected chi connectivity index (χ1v) is 7.49. The van der Waals surface area contributed by atoms with E-state index < -0.39 is 0 Å².